The number of rotatable bonds is 4. The van der Waals surface area contributed by atoms with Crippen LogP contribution in [0.5, 0.6) is 0 Å². The highest BCUT2D eigenvalue weighted by Crippen LogP contribution is 2.44. The van der Waals surface area contributed by atoms with Crippen LogP contribution < -0.4 is 5.32 Å². The fourth-order valence-electron chi connectivity index (χ4n) is 5.40. The highest BCUT2D eigenvalue weighted by atomic mass is 32.1. The Morgan fingerprint density at radius 3 is 2.48 bits per heavy atom. The lowest BCUT2D eigenvalue weighted by Gasteiger charge is -2.33. The molecule has 31 heavy (non-hydrogen) atoms. The van der Waals surface area contributed by atoms with Crippen LogP contribution in [0.2, 0.25) is 0 Å². The Morgan fingerprint density at radius 2 is 1.77 bits per heavy atom. The lowest BCUT2D eigenvalue weighted by atomic mass is 9.95. The number of thiocarbonyl (C=S) groups is 1. The summed E-state index contributed by atoms with van der Waals surface area (Å²) in [6, 6.07) is 13.2. The molecule has 160 valence electrons. The van der Waals surface area contributed by atoms with E-state index in [0.29, 0.717) is 6.04 Å². The number of hydrogen-bond donors (Lipinski definition) is 1. The molecule has 2 aliphatic rings. The molecule has 4 heterocycles. The van der Waals surface area contributed by atoms with Crippen molar-refractivity contribution in [1.29, 1.82) is 0 Å². The third-order valence-electron chi connectivity index (χ3n) is 6.84. The van der Waals surface area contributed by atoms with Gasteiger partial charge < -0.3 is 14.8 Å². The second-order valence-corrected chi connectivity index (χ2v) is 9.16. The van der Waals surface area contributed by atoms with Gasteiger partial charge in [0, 0.05) is 29.8 Å². The van der Waals surface area contributed by atoms with Gasteiger partial charge in [0.05, 0.1) is 17.8 Å². The average Bonchev–Trinajstić information content (AvgIpc) is 3.47. The van der Waals surface area contributed by atoms with Crippen molar-refractivity contribution in [3.05, 3.63) is 77.0 Å². The Bertz CT molecular complexity index is 1100. The molecule has 0 spiro atoms. The van der Waals surface area contributed by atoms with E-state index in [1.54, 1.807) is 0 Å². The van der Waals surface area contributed by atoms with Gasteiger partial charge in [-0.05, 0) is 81.2 Å². The van der Waals surface area contributed by atoms with Crippen molar-refractivity contribution in [2.75, 3.05) is 0 Å². The van der Waals surface area contributed by atoms with Crippen LogP contribution >= 0.6 is 12.2 Å². The average molecular weight is 432 g/mol. The molecule has 1 saturated carbocycles. The zero-order valence-corrected chi connectivity index (χ0v) is 19.2. The van der Waals surface area contributed by atoms with Crippen molar-refractivity contribution in [2.24, 2.45) is 0 Å². The summed E-state index contributed by atoms with van der Waals surface area (Å²) in [5.74, 6) is 0.999. The molecule has 5 nitrogen and oxygen atoms in total. The fourth-order valence-corrected chi connectivity index (χ4v) is 5.79. The molecule has 6 heteroatoms. The Kier molecular flexibility index (Phi) is 5.26. The van der Waals surface area contributed by atoms with E-state index in [4.69, 9.17) is 22.2 Å². The summed E-state index contributed by atoms with van der Waals surface area (Å²) in [7, 11) is 0. The quantitative estimate of drug-likeness (QED) is 0.582. The molecule has 1 aliphatic heterocycles. The van der Waals surface area contributed by atoms with Crippen molar-refractivity contribution in [1.82, 2.24) is 24.8 Å². The molecule has 1 N–H and O–H groups in total. The fraction of sp³-hybridized carbons (Fsp3) is 0.400. The van der Waals surface area contributed by atoms with E-state index >= 15 is 0 Å². The summed E-state index contributed by atoms with van der Waals surface area (Å²) in [6.45, 7) is 6.50. The Hall–Kier alpha value is -2.73. The molecule has 1 saturated heterocycles. The van der Waals surface area contributed by atoms with Crippen LogP contribution in [-0.4, -0.2) is 30.6 Å². The Balaban J connectivity index is 1.65. The zero-order chi connectivity index (χ0) is 21.5. The van der Waals surface area contributed by atoms with Crippen LogP contribution in [0.4, 0.5) is 0 Å². The summed E-state index contributed by atoms with van der Waals surface area (Å²) >= 11 is 5.90. The molecule has 0 bridgehead atoms. The minimum atomic E-state index is 0.0353. The first kappa shape index (κ1) is 20.2. The normalized spacial score (nSPS) is 21.6. The summed E-state index contributed by atoms with van der Waals surface area (Å²) in [5, 5.41) is 4.48. The van der Waals surface area contributed by atoms with Crippen LogP contribution in [0.15, 0.2) is 48.8 Å². The summed E-state index contributed by atoms with van der Waals surface area (Å²) in [4.78, 5) is 11.9. The first-order valence-corrected chi connectivity index (χ1v) is 11.6. The van der Waals surface area contributed by atoms with E-state index in [9.17, 15) is 0 Å². The molecule has 0 amide bonds. The number of aromatic nitrogens is 3. The van der Waals surface area contributed by atoms with Crippen LogP contribution in [0.25, 0.3) is 5.82 Å². The van der Waals surface area contributed by atoms with E-state index in [2.05, 4.69) is 59.8 Å². The Morgan fingerprint density at radius 1 is 1.00 bits per heavy atom. The van der Waals surface area contributed by atoms with Gasteiger partial charge in [0.2, 0.25) is 0 Å². The number of nitrogens with zero attached hydrogens (tertiary/aromatic N) is 4. The number of pyridine rings is 2. The minimum absolute atomic E-state index is 0.0353. The van der Waals surface area contributed by atoms with Gasteiger partial charge in [0.1, 0.15) is 5.82 Å². The van der Waals surface area contributed by atoms with E-state index in [-0.39, 0.29) is 12.1 Å². The standard InChI is InChI=1S/C25H29N5S/c1-16-9-8-14-27-24(16)29-17(2)15-20(18(29)3)23-22(21-12-6-7-13-26-21)28-25(31)30(23)19-10-4-5-11-19/h6-9,12-15,19,22-23H,4-5,10-11H2,1-3H3,(H,28,31)/t22-,23+/m1/s1. The maximum Gasteiger partial charge on any atom is 0.170 e. The summed E-state index contributed by atoms with van der Waals surface area (Å²) in [5.41, 5.74) is 5.93. The van der Waals surface area contributed by atoms with Gasteiger partial charge in [-0.25, -0.2) is 4.98 Å². The SMILES string of the molecule is Cc1cccnc1-n1c(C)cc([C@H]2[C@@H](c3ccccn3)NC(=S)N2C2CCCC2)c1C. The van der Waals surface area contributed by atoms with Crippen LogP contribution in [0, 0.1) is 20.8 Å². The second kappa shape index (κ2) is 8.08. The lowest BCUT2D eigenvalue weighted by Crippen LogP contribution is -2.37. The van der Waals surface area contributed by atoms with Gasteiger partial charge in [-0.3, -0.25) is 4.98 Å². The molecule has 0 radical (unpaired) electrons. The van der Waals surface area contributed by atoms with Crippen molar-refractivity contribution < 1.29 is 0 Å². The predicted molar refractivity (Wildman–Crippen MR) is 127 cm³/mol. The highest BCUT2D eigenvalue weighted by molar-refractivity contribution is 7.80. The zero-order valence-electron chi connectivity index (χ0n) is 18.4. The van der Waals surface area contributed by atoms with E-state index in [1.165, 1.54) is 48.2 Å². The minimum Gasteiger partial charge on any atom is -0.352 e. The van der Waals surface area contributed by atoms with Crippen LogP contribution in [-0.2, 0) is 0 Å². The van der Waals surface area contributed by atoms with Crippen molar-refractivity contribution in [3.8, 4) is 5.82 Å². The molecule has 2 atom stereocenters. The first-order valence-electron chi connectivity index (χ1n) is 11.2. The predicted octanol–water partition coefficient (Wildman–Crippen LogP) is 5.11. The first-order chi connectivity index (χ1) is 15.1. The largest absolute Gasteiger partial charge is 0.352 e. The van der Waals surface area contributed by atoms with Gasteiger partial charge in [0.25, 0.3) is 0 Å². The van der Waals surface area contributed by atoms with E-state index in [1.807, 2.05) is 24.5 Å². The van der Waals surface area contributed by atoms with Crippen molar-refractivity contribution in [2.45, 2.75) is 64.6 Å². The van der Waals surface area contributed by atoms with Crippen molar-refractivity contribution in [3.63, 3.8) is 0 Å². The molecular formula is C25H29N5S. The topological polar surface area (TPSA) is 46.0 Å². The molecule has 0 unspecified atom stereocenters. The van der Waals surface area contributed by atoms with E-state index in [0.717, 1.165) is 16.6 Å². The monoisotopic (exact) mass is 431 g/mol. The third kappa shape index (κ3) is 3.43. The molecule has 2 fully saturated rings. The molecule has 3 aromatic heterocycles. The third-order valence-corrected chi connectivity index (χ3v) is 7.16. The second-order valence-electron chi connectivity index (χ2n) is 8.78. The van der Waals surface area contributed by atoms with Gasteiger partial charge in [-0.1, -0.05) is 25.0 Å². The van der Waals surface area contributed by atoms with Gasteiger partial charge in [-0.15, -0.1) is 0 Å². The Labute approximate surface area is 189 Å². The molecule has 1 aliphatic carbocycles. The van der Waals surface area contributed by atoms with Crippen molar-refractivity contribution >= 4 is 17.3 Å². The summed E-state index contributed by atoms with van der Waals surface area (Å²) < 4.78 is 2.29. The molecule has 5 rings (SSSR count). The van der Waals surface area contributed by atoms with E-state index < -0.39 is 0 Å². The van der Waals surface area contributed by atoms with Gasteiger partial charge >= 0.3 is 0 Å². The highest BCUT2D eigenvalue weighted by Gasteiger charge is 2.44. The van der Waals surface area contributed by atoms with Crippen LogP contribution in [0.1, 0.15) is 66.0 Å². The number of aryl methyl sites for hydroxylation is 2. The van der Waals surface area contributed by atoms with Crippen LogP contribution in [0.3, 0.4) is 0 Å². The van der Waals surface area contributed by atoms with Gasteiger partial charge in [-0.2, -0.15) is 0 Å². The molecular weight excluding hydrogens is 402 g/mol. The smallest absolute Gasteiger partial charge is 0.170 e. The maximum absolute atomic E-state index is 5.90. The number of nitrogens with one attached hydrogen (secondary N) is 1. The molecule has 0 aromatic carbocycles. The molecule has 3 aromatic rings. The maximum atomic E-state index is 5.90. The lowest BCUT2D eigenvalue weighted by molar-refractivity contribution is 0.245. The van der Waals surface area contributed by atoms with Gasteiger partial charge in [0.15, 0.2) is 5.11 Å². The summed E-state index contributed by atoms with van der Waals surface area (Å²) in [6.07, 6.45) is 8.69. The number of hydrogen-bond acceptors (Lipinski definition) is 3.